The first kappa shape index (κ1) is 19.2. The van der Waals surface area contributed by atoms with E-state index in [0.29, 0.717) is 33.8 Å². The SMILES string of the molecule is COC(=O)c1ccc(COc2c(C=NNc3nc(N)cs3)cccc2OC)o1. The second kappa shape index (κ2) is 8.91. The highest BCUT2D eigenvalue weighted by molar-refractivity contribution is 7.14. The molecule has 0 bridgehead atoms. The fourth-order valence-electron chi connectivity index (χ4n) is 2.25. The van der Waals surface area contributed by atoms with Crippen LogP contribution in [0, 0.1) is 0 Å². The van der Waals surface area contributed by atoms with Crippen LogP contribution in [0.15, 0.2) is 45.2 Å². The van der Waals surface area contributed by atoms with Crippen molar-refractivity contribution in [1.29, 1.82) is 0 Å². The molecule has 0 fully saturated rings. The van der Waals surface area contributed by atoms with Gasteiger partial charge in [0.15, 0.2) is 11.5 Å². The average molecular weight is 402 g/mol. The Kier molecular flexibility index (Phi) is 6.12. The number of hydrazone groups is 1. The number of methoxy groups -OCH3 is 2. The summed E-state index contributed by atoms with van der Waals surface area (Å²) >= 11 is 1.34. The summed E-state index contributed by atoms with van der Waals surface area (Å²) in [5, 5.41) is 6.44. The first-order valence-electron chi connectivity index (χ1n) is 8.07. The summed E-state index contributed by atoms with van der Waals surface area (Å²) in [5.41, 5.74) is 9.06. The van der Waals surface area contributed by atoms with Crippen molar-refractivity contribution in [2.75, 3.05) is 25.4 Å². The van der Waals surface area contributed by atoms with E-state index in [0.717, 1.165) is 0 Å². The zero-order valence-electron chi connectivity index (χ0n) is 15.2. The number of nitrogen functional groups attached to an aromatic ring is 1. The molecule has 146 valence electrons. The van der Waals surface area contributed by atoms with E-state index in [2.05, 4.69) is 20.2 Å². The van der Waals surface area contributed by atoms with Gasteiger partial charge < -0.3 is 24.4 Å². The van der Waals surface area contributed by atoms with Gasteiger partial charge in [-0.05, 0) is 24.3 Å². The number of hydrogen-bond donors (Lipinski definition) is 2. The molecule has 9 nitrogen and oxygen atoms in total. The number of esters is 1. The van der Waals surface area contributed by atoms with Crippen molar-refractivity contribution in [3.05, 3.63) is 52.8 Å². The topological polar surface area (TPSA) is 121 Å². The van der Waals surface area contributed by atoms with E-state index in [9.17, 15) is 4.79 Å². The molecule has 0 spiro atoms. The summed E-state index contributed by atoms with van der Waals surface area (Å²) < 4.78 is 21.2. The molecule has 0 saturated heterocycles. The molecule has 0 aliphatic rings. The summed E-state index contributed by atoms with van der Waals surface area (Å²) in [4.78, 5) is 15.5. The van der Waals surface area contributed by atoms with Crippen molar-refractivity contribution in [2.24, 2.45) is 5.10 Å². The van der Waals surface area contributed by atoms with Crippen LogP contribution in [0.25, 0.3) is 0 Å². The number of carbonyl (C=O) groups is 1. The maximum absolute atomic E-state index is 11.5. The van der Waals surface area contributed by atoms with Crippen LogP contribution in [-0.2, 0) is 11.3 Å². The number of para-hydroxylation sites is 1. The normalized spacial score (nSPS) is 10.8. The number of hydrogen-bond acceptors (Lipinski definition) is 10. The molecule has 28 heavy (non-hydrogen) atoms. The molecule has 0 radical (unpaired) electrons. The van der Waals surface area contributed by atoms with Crippen molar-refractivity contribution in [2.45, 2.75) is 6.61 Å². The van der Waals surface area contributed by atoms with Gasteiger partial charge in [-0.15, -0.1) is 11.3 Å². The molecule has 10 heteroatoms. The maximum atomic E-state index is 11.5. The minimum atomic E-state index is -0.551. The van der Waals surface area contributed by atoms with Crippen molar-refractivity contribution in [3.63, 3.8) is 0 Å². The Morgan fingerprint density at radius 2 is 2.21 bits per heavy atom. The van der Waals surface area contributed by atoms with Crippen LogP contribution < -0.4 is 20.6 Å². The van der Waals surface area contributed by atoms with Gasteiger partial charge in [-0.25, -0.2) is 9.78 Å². The third kappa shape index (κ3) is 4.60. The molecule has 0 aliphatic carbocycles. The molecule has 0 unspecified atom stereocenters. The number of nitrogens with zero attached hydrogens (tertiary/aromatic N) is 2. The average Bonchev–Trinajstić information content (AvgIpc) is 3.35. The third-order valence-corrected chi connectivity index (χ3v) is 4.29. The highest BCUT2D eigenvalue weighted by Gasteiger charge is 2.14. The number of ether oxygens (including phenoxy) is 3. The van der Waals surface area contributed by atoms with Crippen LogP contribution in [0.5, 0.6) is 11.5 Å². The number of carbonyl (C=O) groups excluding carboxylic acids is 1. The largest absolute Gasteiger partial charge is 0.493 e. The van der Waals surface area contributed by atoms with Gasteiger partial charge in [0.05, 0.1) is 20.4 Å². The van der Waals surface area contributed by atoms with E-state index in [1.165, 1.54) is 24.5 Å². The summed E-state index contributed by atoms with van der Waals surface area (Å²) in [6.07, 6.45) is 1.58. The van der Waals surface area contributed by atoms with Crippen molar-refractivity contribution < 1.29 is 23.4 Å². The predicted molar refractivity (Wildman–Crippen MR) is 105 cm³/mol. The molecular weight excluding hydrogens is 384 g/mol. The van der Waals surface area contributed by atoms with E-state index in [1.54, 1.807) is 30.8 Å². The number of benzene rings is 1. The van der Waals surface area contributed by atoms with Gasteiger partial charge in [0.1, 0.15) is 18.2 Å². The standard InChI is InChI=1S/C18H18N4O5S/c1-24-13-5-3-4-11(8-20-22-18-21-15(19)10-28-18)16(13)26-9-12-6-7-14(27-12)17(23)25-2/h3-8,10H,9,19H2,1-2H3,(H,21,22). The lowest BCUT2D eigenvalue weighted by Gasteiger charge is -2.12. The summed E-state index contributed by atoms with van der Waals surface area (Å²) in [5.74, 6) is 1.45. The van der Waals surface area contributed by atoms with Gasteiger partial charge in [0.2, 0.25) is 10.9 Å². The first-order valence-corrected chi connectivity index (χ1v) is 8.95. The number of nitrogens with two attached hydrogens (primary N) is 1. The minimum absolute atomic E-state index is 0.0919. The number of thiazole rings is 1. The molecule has 2 heterocycles. The second-order valence-corrected chi connectivity index (χ2v) is 6.23. The number of rotatable bonds is 8. The summed E-state index contributed by atoms with van der Waals surface area (Å²) in [6.45, 7) is 0.0919. The molecule has 0 atom stereocenters. The zero-order valence-corrected chi connectivity index (χ0v) is 16.0. The lowest BCUT2D eigenvalue weighted by atomic mass is 10.2. The van der Waals surface area contributed by atoms with E-state index < -0.39 is 5.97 Å². The van der Waals surface area contributed by atoms with Gasteiger partial charge in [-0.1, -0.05) is 6.07 Å². The van der Waals surface area contributed by atoms with Crippen LogP contribution in [-0.4, -0.2) is 31.4 Å². The molecule has 0 amide bonds. The van der Waals surface area contributed by atoms with Gasteiger partial charge in [-0.2, -0.15) is 5.10 Å². The Bertz CT molecular complexity index is 982. The Labute approximate surface area is 164 Å². The molecule has 3 rings (SSSR count). The Morgan fingerprint density at radius 3 is 2.93 bits per heavy atom. The van der Waals surface area contributed by atoms with E-state index in [4.69, 9.17) is 19.6 Å². The smallest absolute Gasteiger partial charge is 0.373 e. The fourth-order valence-corrected chi connectivity index (χ4v) is 2.80. The highest BCUT2D eigenvalue weighted by atomic mass is 32.1. The molecular formula is C18H18N4O5S. The molecule has 3 N–H and O–H groups in total. The fraction of sp³-hybridized carbons (Fsp3) is 0.167. The number of nitrogens with one attached hydrogen (secondary N) is 1. The number of furan rings is 1. The van der Waals surface area contributed by atoms with Crippen molar-refractivity contribution in [3.8, 4) is 11.5 Å². The Morgan fingerprint density at radius 1 is 1.36 bits per heavy atom. The van der Waals surface area contributed by atoms with Crippen LogP contribution in [0.2, 0.25) is 0 Å². The van der Waals surface area contributed by atoms with Crippen molar-refractivity contribution >= 4 is 34.5 Å². The number of anilines is 2. The zero-order chi connectivity index (χ0) is 19.9. The lowest BCUT2D eigenvalue weighted by Crippen LogP contribution is -2.01. The monoisotopic (exact) mass is 402 g/mol. The minimum Gasteiger partial charge on any atom is -0.493 e. The predicted octanol–water partition coefficient (Wildman–Crippen LogP) is 3.14. The van der Waals surface area contributed by atoms with Crippen LogP contribution in [0.1, 0.15) is 21.9 Å². The van der Waals surface area contributed by atoms with Gasteiger partial charge in [-0.3, -0.25) is 5.43 Å². The first-order chi connectivity index (χ1) is 13.6. The molecule has 3 aromatic rings. The lowest BCUT2D eigenvalue weighted by molar-refractivity contribution is 0.0561. The molecule has 1 aromatic carbocycles. The highest BCUT2D eigenvalue weighted by Crippen LogP contribution is 2.31. The van der Waals surface area contributed by atoms with Crippen LogP contribution >= 0.6 is 11.3 Å². The van der Waals surface area contributed by atoms with Gasteiger partial charge in [0, 0.05) is 10.9 Å². The number of aromatic nitrogens is 1. The quantitative estimate of drug-likeness (QED) is 0.335. The van der Waals surface area contributed by atoms with Gasteiger partial charge >= 0.3 is 5.97 Å². The molecule has 0 saturated carbocycles. The molecule has 0 aliphatic heterocycles. The molecule has 2 aromatic heterocycles. The summed E-state index contributed by atoms with van der Waals surface area (Å²) in [7, 11) is 2.83. The Hall–Kier alpha value is -3.53. The second-order valence-electron chi connectivity index (χ2n) is 5.37. The van der Waals surface area contributed by atoms with E-state index in [-0.39, 0.29) is 12.4 Å². The Balaban J connectivity index is 1.73. The maximum Gasteiger partial charge on any atom is 0.373 e. The van der Waals surface area contributed by atoms with Crippen LogP contribution in [0.4, 0.5) is 10.9 Å². The van der Waals surface area contributed by atoms with Crippen molar-refractivity contribution in [1.82, 2.24) is 4.98 Å². The van der Waals surface area contributed by atoms with Gasteiger partial charge in [0.25, 0.3) is 0 Å². The summed E-state index contributed by atoms with van der Waals surface area (Å²) in [6, 6.07) is 8.57. The van der Waals surface area contributed by atoms with E-state index in [1.807, 2.05) is 12.1 Å². The third-order valence-electron chi connectivity index (χ3n) is 3.52. The van der Waals surface area contributed by atoms with E-state index >= 15 is 0 Å². The van der Waals surface area contributed by atoms with Crippen LogP contribution in [0.3, 0.4) is 0 Å².